The van der Waals surface area contributed by atoms with Crippen LogP contribution < -0.4 is 5.32 Å². The molecular weight excluding hydrogens is 178 g/mol. The van der Waals surface area contributed by atoms with Crippen molar-refractivity contribution in [1.82, 2.24) is 5.32 Å². The van der Waals surface area contributed by atoms with Gasteiger partial charge in [-0.1, -0.05) is 13.8 Å². The predicted octanol–water partition coefficient (Wildman–Crippen LogP) is 2.91. The Kier molecular flexibility index (Phi) is 5.18. The first-order valence-electron chi connectivity index (χ1n) is 5.59. The van der Waals surface area contributed by atoms with E-state index in [1.165, 1.54) is 31.6 Å². The summed E-state index contributed by atoms with van der Waals surface area (Å²) in [4.78, 5) is 0. The van der Waals surface area contributed by atoms with E-state index in [1.54, 1.807) is 0 Å². The van der Waals surface area contributed by atoms with Crippen molar-refractivity contribution in [2.45, 2.75) is 51.3 Å². The Morgan fingerprint density at radius 3 is 2.62 bits per heavy atom. The van der Waals surface area contributed by atoms with Crippen LogP contribution in [0.25, 0.3) is 0 Å². The maximum Gasteiger partial charge on any atom is 0.00673 e. The van der Waals surface area contributed by atoms with Gasteiger partial charge in [-0.15, -0.1) is 0 Å². The minimum atomic E-state index is 0.762. The van der Waals surface area contributed by atoms with Gasteiger partial charge in [0.15, 0.2) is 0 Å². The molecule has 1 saturated carbocycles. The van der Waals surface area contributed by atoms with E-state index in [4.69, 9.17) is 0 Å². The number of rotatable bonds is 7. The van der Waals surface area contributed by atoms with Gasteiger partial charge in [-0.3, -0.25) is 0 Å². The maximum atomic E-state index is 3.60. The second-order valence-corrected chi connectivity index (χ2v) is 5.72. The number of thioether (sulfide) groups is 1. The molecule has 1 rings (SSSR count). The summed E-state index contributed by atoms with van der Waals surface area (Å²) in [5.41, 5.74) is 0. The molecule has 2 unspecified atom stereocenters. The van der Waals surface area contributed by atoms with E-state index in [0.717, 1.165) is 17.2 Å². The van der Waals surface area contributed by atoms with Crippen LogP contribution in [0.2, 0.25) is 0 Å². The zero-order valence-corrected chi connectivity index (χ0v) is 9.99. The van der Waals surface area contributed by atoms with E-state index >= 15 is 0 Å². The lowest BCUT2D eigenvalue weighted by atomic mass is 10.2. The smallest absolute Gasteiger partial charge is 0.00673 e. The lowest BCUT2D eigenvalue weighted by molar-refractivity contribution is 0.514. The Hall–Kier alpha value is 0.310. The summed E-state index contributed by atoms with van der Waals surface area (Å²) in [7, 11) is 0. The third-order valence-corrected chi connectivity index (χ3v) is 4.22. The molecule has 2 heteroatoms. The molecule has 13 heavy (non-hydrogen) atoms. The average Bonchev–Trinajstić information content (AvgIpc) is 2.94. The summed E-state index contributed by atoms with van der Waals surface area (Å²) < 4.78 is 0. The van der Waals surface area contributed by atoms with E-state index in [1.807, 2.05) is 0 Å². The van der Waals surface area contributed by atoms with Gasteiger partial charge < -0.3 is 5.32 Å². The Bertz CT molecular complexity index is 134. The largest absolute Gasteiger partial charge is 0.313 e. The van der Waals surface area contributed by atoms with Gasteiger partial charge in [0.05, 0.1) is 0 Å². The third-order valence-electron chi connectivity index (χ3n) is 2.87. The SMILES string of the molecule is CCC(C)SCCNC(C)C1CC1. The highest BCUT2D eigenvalue weighted by Gasteiger charge is 2.27. The highest BCUT2D eigenvalue weighted by molar-refractivity contribution is 7.99. The summed E-state index contributed by atoms with van der Waals surface area (Å²) in [6.45, 7) is 8.09. The molecule has 0 heterocycles. The van der Waals surface area contributed by atoms with Crippen LogP contribution in [-0.4, -0.2) is 23.6 Å². The molecule has 78 valence electrons. The van der Waals surface area contributed by atoms with E-state index in [-0.39, 0.29) is 0 Å². The predicted molar refractivity (Wildman–Crippen MR) is 62.4 cm³/mol. The van der Waals surface area contributed by atoms with Gasteiger partial charge in [0.1, 0.15) is 0 Å². The van der Waals surface area contributed by atoms with E-state index in [2.05, 4.69) is 37.8 Å². The molecule has 1 nitrogen and oxygen atoms in total. The Morgan fingerprint density at radius 1 is 1.38 bits per heavy atom. The van der Waals surface area contributed by atoms with Gasteiger partial charge in [0.2, 0.25) is 0 Å². The van der Waals surface area contributed by atoms with Crippen LogP contribution >= 0.6 is 11.8 Å². The van der Waals surface area contributed by atoms with E-state index in [9.17, 15) is 0 Å². The van der Waals surface area contributed by atoms with Gasteiger partial charge in [0, 0.05) is 23.6 Å². The van der Waals surface area contributed by atoms with Gasteiger partial charge >= 0.3 is 0 Å². The minimum absolute atomic E-state index is 0.762. The normalized spacial score (nSPS) is 21.5. The van der Waals surface area contributed by atoms with Crippen molar-refractivity contribution in [2.75, 3.05) is 12.3 Å². The fraction of sp³-hybridized carbons (Fsp3) is 1.00. The van der Waals surface area contributed by atoms with Crippen LogP contribution in [0.5, 0.6) is 0 Å². The molecule has 0 amide bonds. The topological polar surface area (TPSA) is 12.0 Å². The standard InChI is InChI=1S/C11H23NS/c1-4-9(2)13-8-7-12-10(3)11-5-6-11/h9-12H,4-8H2,1-3H3. The minimum Gasteiger partial charge on any atom is -0.313 e. The van der Waals surface area contributed by atoms with Crippen molar-refractivity contribution in [3.63, 3.8) is 0 Å². The van der Waals surface area contributed by atoms with Crippen molar-refractivity contribution in [1.29, 1.82) is 0 Å². The summed E-state index contributed by atoms with van der Waals surface area (Å²) in [6.07, 6.45) is 4.20. The van der Waals surface area contributed by atoms with Crippen LogP contribution in [0.3, 0.4) is 0 Å². The second kappa shape index (κ2) is 5.92. The maximum absolute atomic E-state index is 3.60. The summed E-state index contributed by atoms with van der Waals surface area (Å²) >= 11 is 2.09. The Morgan fingerprint density at radius 2 is 2.08 bits per heavy atom. The van der Waals surface area contributed by atoms with Crippen LogP contribution in [0.1, 0.15) is 40.0 Å². The van der Waals surface area contributed by atoms with Crippen molar-refractivity contribution in [3.05, 3.63) is 0 Å². The molecule has 0 aromatic carbocycles. The van der Waals surface area contributed by atoms with Crippen LogP contribution in [-0.2, 0) is 0 Å². The van der Waals surface area contributed by atoms with Crippen molar-refractivity contribution in [2.24, 2.45) is 5.92 Å². The highest BCUT2D eigenvalue weighted by atomic mass is 32.2. The monoisotopic (exact) mass is 201 g/mol. The first-order chi connectivity index (χ1) is 6.24. The molecule has 0 aromatic rings. The van der Waals surface area contributed by atoms with Crippen molar-refractivity contribution >= 4 is 11.8 Å². The van der Waals surface area contributed by atoms with Gasteiger partial charge in [-0.05, 0) is 32.1 Å². The lowest BCUT2D eigenvalue weighted by Gasteiger charge is -2.13. The van der Waals surface area contributed by atoms with Crippen molar-refractivity contribution in [3.8, 4) is 0 Å². The number of hydrogen-bond acceptors (Lipinski definition) is 2. The molecule has 0 aromatic heterocycles. The summed E-state index contributed by atoms with van der Waals surface area (Å²) in [5.74, 6) is 2.26. The fourth-order valence-corrected chi connectivity index (χ4v) is 2.30. The Labute approximate surface area is 87.1 Å². The Balaban J connectivity index is 1.88. The zero-order chi connectivity index (χ0) is 9.68. The molecule has 1 aliphatic carbocycles. The number of hydrogen-bond donors (Lipinski definition) is 1. The molecule has 1 N–H and O–H groups in total. The van der Waals surface area contributed by atoms with Crippen molar-refractivity contribution < 1.29 is 0 Å². The quantitative estimate of drug-likeness (QED) is 0.636. The summed E-state index contributed by atoms with van der Waals surface area (Å²) in [6, 6.07) is 0.762. The molecule has 1 fully saturated rings. The van der Waals surface area contributed by atoms with Crippen LogP contribution in [0.4, 0.5) is 0 Å². The fourth-order valence-electron chi connectivity index (χ4n) is 1.43. The molecule has 0 radical (unpaired) electrons. The van der Waals surface area contributed by atoms with Gasteiger partial charge in [-0.2, -0.15) is 11.8 Å². The number of nitrogens with one attached hydrogen (secondary N) is 1. The highest BCUT2D eigenvalue weighted by Crippen LogP contribution is 2.32. The third kappa shape index (κ3) is 4.92. The second-order valence-electron chi connectivity index (χ2n) is 4.17. The molecule has 0 aliphatic heterocycles. The first-order valence-corrected chi connectivity index (χ1v) is 6.64. The molecule has 0 bridgehead atoms. The average molecular weight is 201 g/mol. The van der Waals surface area contributed by atoms with Crippen LogP contribution in [0, 0.1) is 5.92 Å². The van der Waals surface area contributed by atoms with Crippen LogP contribution in [0.15, 0.2) is 0 Å². The molecule has 1 aliphatic rings. The lowest BCUT2D eigenvalue weighted by Crippen LogP contribution is -2.30. The molecule has 0 spiro atoms. The molecule has 0 saturated heterocycles. The van der Waals surface area contributed by atoms with Gasteiger partial charge in [-0.25, -0.2) is 0 Å². The molecular formula is C11H23NS. The molecule has 2 atom stereocenters. The zero-order valence-electron chi connectivity index (χ0n) is 9.18. The van der Waals surface area contributed by atoms with E-state index < -0.39 is 0 Å². The first kappa shape index (κ1) is 11.4. The van der Waals surface area contributed by atoms with E-state index in [0.29, 0.717) is 0 Å². The van der Waals surface area contributed by atoms with Gasteiger partial charge in [0.25, 0.3) is 0 Å². The summed E-state index contributed by atoms with van der Waals surface area (Å²) in [5, 5.41) is 4.43.